The van der Waals surface area contributed by atoms with Gasteiger partial charge >= 0.3 is 0 Å². The smallest absolute Gasteiger partial charge is 0.227 e. The monoisotopic (exact) mass is 306 g/mol. The van der Waals surface area contributed by atoms with Crippen molar-refractivity contribution < 1.29 is 9.32 Å². The van der Waals surface area contributed by atoms with Gasteiger partial charge in [-0.05, 0) is 38.5 Å². The first-order valence-corrected chi connectivity index (χ1v) is 7.20. The SMILES string of the molecule is Cc1noc(C)c1CC(=O)N(C)C(C)c1ccc(Cl)cc1. The first-order chi connectivity index (χ1) is 9.90. The Hall–Kier alpha value is -1.81. The highest BCUT2D eigenvalue weighted by molar-refractivity contribution is 6.30. The van der Waals surface area contributed by atoms with Crippen LogP contribution >= 0.6 is 11.6 Å². The maximum atomic E-state index is 12.4. The standard InChI is InChI=1S/C16H19ClN2O2/c1-10-15(12(3)21-18-10)9-16(20)19(4)11(2)13-5-7-14(17)8-6-13/h5-8,11H,9H2,1-4H3. The number of hydrogen-bond acceptors (Lipinski definition) is 3. The first kappa shape index (κ1) is 15.6. The summed E-state index contributed by atoms with van der Waals surface area (Å²) in [6.45, 7) is 5.67. The Morgan fingerprint density at radius 3 is 2.48 bits per heavy atom. The van der Waals surface area contributed by atoms with Crippen molar-refractivity contribution in [2.24, 2.45) is 0 Å². The van der Waals surface area contributed by atoms with Crippen LogP contribution in [0, 0.1) is 13.8 Å². The quantitative estimate of drug-likeness (QED) is 0.865. The fourth-order valence-corrected chi connectivity index (χ4v) is 2.34. The molecule has 4 nitrogen and oxygen atoms in total. The summed E-state index contributed by atoms with van der Waals surface area (Å²) < 4.78 is 5.10. The minimum absolute atomic E-state index is 0.0183. The molecular weight excluding hydrogens is 288 g/mol. The van der Waals surface area contributed by atoms with Gasteiger partial charge in [-0.2, -0.15) is 0 Å². The molecule has 1 amide bonds. The molecule has 0 N–H and O–H groups in total. The van der Waals surface area contributed by atoms with Crippen LogP contribution < -0.4 is 0 Å². The Kier molecular flexibility index (Phi) is 4.68. The maximum Gasteiger partial charge on any atom is 0.227 e. The lowest BCUT2D eigenvalue weighted by atomic mass is 10.1. The molecule has 0 aliphatic carbocycles. The van der Waals surface area contributed by atoms with Crippen LogP contribution in [0.25, 0.3) is 0 Å². The molecule has 112 valence electrons. The number of nitrogens with zero attached hydrogens (tertiary/aromatic N) is 2. The third kappa shape index (κ3) is 3.45. The molecule has 2 aromatic rings. The number of aryl methyl sites for hydroxylation is 2. The second-order valence-electron chi connectivity index (χ2n) is 5.21. The second-order valence-corrected chi connectivity index (χ2v) is 5.65. The second kappa shape index (κ2) is 6.31. The lowest BCUT2D eigenvalue weighted by molar-refractivity contribution is -0.131. The molecular formula is C16H19ClN2O2. The average Bonchev–Trinajstić information content (AvgIpc) is 2.78. The summed E-state index contributed by atoms with van der Waals surface area (Å²) in [6.07, 6.45) is 0.301. The molecule has 1 heterocycles. The van der Waals surface area contributed by atoms with Crippen molar-refractivity contribution in [2.75, 3.05) is 7.05 Å². The molecule has 0 aliphatic rings. The van der Waals surface area contributed by atoms with Crippen LogP contribution in [0.15, 0.2) is 28.8 Å². The number of amides is 1. The average molecular weight is 307 g/mol. The topological polar surface area (TPSA) is 46.3 Å². The van der Waals surface area contributed by atoms with Gasteiger partial charge in [-0.1, -0.05) is 28.9 Å². The lowest BCUT2D eigenvalue weighted by Gasteiger charge is -2.25. The highest BCUT2D eigenvalue weighted by atomic mass is 35.5. The predicted octanol–water partition coefficient (Wildman–Crippen LogP) is 3.71. The van der Waals surface area contributed by atoms with Gasteiger partial charge in [-0.3, -0.25) is 4.79 Å². The highest BCUT2D eigenvalue weighted by Gasteiger charge is 2.20. The molecule has 1 aromatic heterocycles. The molecule has 21 heavy (non-hydrogen) atoms. The summed E-state index contributed by atoms with van der Waals surface area (Å²) in [7, 11) is 1.81. The Bertz CT molecular complexity index is 615. The van der Waals surface area contributed by atoms with Gasteiger partial charge in [0.1, 0.15) is 5.76 Å². The summed E-state index contributed by atoms with van der Waals surface area (Å²) in [6, 6.07) is 7.52. The van der Waals surface area contributed by atoms with Crippen molar-refractivity contribution in [3.05, 3.63) is 51.9 Å². The number of likely N-dealkylation sites (N-methyl/N-ethyl adjacent to an activating group) is 1. The molecule has 0 spiro atoms. The molecule has 0 fully saturated rings. The zero-order valence-electron chi connectivity index (χ0n) is 12.7. The van der Waals surface area contributed by atoms with Crippen LogP contribution in [0.1, 0.15) is 35.5 Å². The number of rotatable bonds is 4. The van der Waals surface area contributed by atoms with E-state index < -0.39 is 0 Å². The fourth-order valence-electron chi connectivity index (χ4n) is 2.21. The highest BCUT2D eigenvalue weighted by Crippen LogP contribution is 2.22. The van der Waals surface area contributed by atoms with E-state index in [1.54, 1.807) is 11.9 Å². The van der Waals surface area contributed by atoms with Crippen molar-refractivity contribution >= 4 is 17.5 Å². The van der Waals surface area contributed by atoms with Crippen molar-refractivity contribution in [3.63, 3.8) is 0 Å². The lowest BCUT2D eigenvalue weighted by Crippen LogP contribution is -2.31. The molecule has 1 unspecified atom stereocenters. The van der Waals surface area contributed by atoms with Gasteiger partial charge in [0.15, 0.2) is 0 Å². The van der Waals surface area contributed by atoms with Gasteiger partial charge < -0.3 is 9.42 Å². The van der Waals surface area contributed by atoms with Gasteiger partial charge in [0.2, 0.25) is 5.91 Å². The van der Waals surface area contributed by atoms with Crippen molar-refractivity contribution in [3.8, 4) is 0 Å². The van der Waals surface area contributed by atoms with Crippen LogP contribution in [-0.4, -0.2) is 23.0 Å². The van der Waals surface area contributed by atoms with E-state index in [-0.39, 0.29) is 11.9 Å². The van der Waals surface area contributed by atoms with Gasteiger partial charge in [-0.25, -0.2) is 0 Å². The third-order valence-electron chi connectivity index (χ3n) is 3.84. The molecule has 0 bridgehead atoms. The largest absolute Gasteiger partial charge is 0.361 e. The number of halogens is 1. The minimum Gasteiger partial charge on any atom is -0.361 e. The summed E-state index contributed by atoms with van der Waals surface area (Å²) in [4.78, 5) is 14.2. The molecule has 0 aliphatic heterocycles. The Morgan fingerprint density at radius 1 is 1.33 bits per heavy atom. The van der Waals surface area contributed by atoms with Crippen LogP contribution in [-0.2, 0) is 11.2 Å². The van der Waals surface area contributed by atoms with E-state index >= 15 is 0 Å². The molecule has 0 saturated heterocycles. The van der Waals surface area contributed by atoms with E-state index in [2.05, 4.69) is 5.16 Å². The van der Waals surface area contributed by atoms with Crippen LogP contribution in [0.4, 0.5) is 0 Å². The Labute approximate surface area is 129 Å². The summed E-state index contributed by atoms with van der Waals surface area (Å²) in [5, 5.41) is 4.57. The molecule has 0 radical (unpaired) electrons. The van der Waals surface area contributed by atoms with Gasteiger partial charge in [-0.15, -0.1) is 0 Å². The van der Waals surface area contributed by atoms with Gasteiger partial charge in [0, 0.05) is 17.6 Å². The number of benzene rings is 1. The normalized spacial score (nSPS) is 12.2. The number of hydrogen-bond donors (Lipinski definition) is 0. The molecule has 0 saturated carbocycles. The molecule has 5 heteroatoms. The van der Waals surface area contributed by atoms with Crippen molar-refractivity contribution in [2.45, 2.75) is 33.2 Å². The zero-order valence-corrected chi connectivity index (χ0v) is 13.4. The van der Waals surface area contributed by atoms with E-state index in [9.17, 15) is 4.79 Å². The van der Waals surface area contributed by atoms with Crippen LogP contribution in [0.2, 0.25) is 5.02 Å². The number of aromatic nitrogens is 1. The van der Waals surface area contributed by atoms with E-state index in [4.69, 9.17) is 16.1 Å². The molecule has 1 atom stereocenters. The van der Waals surface area contributed by atoms with Crippen molar-refractivity contribution in [1.29, 1.82) is 0 Å². The summed E-state index contributed by atoms with van der Waals surface area (Å²) >= 11 is 5.89. The van der Waals surface area contributed by atoms with E-state index in [0.717, 1.165) is 16.8 Å². The predicted molar refractivity (Wildman–Crippen MR) is 82.3 cm³/mol. The molecule has 1 aromatic carbocycles. The minimum atomic E-state index is -0.0183. The maximum absolute atomic E-state index is 12.4. The van der Waals surface area contributed by atoms with Crippen molar-refractivity contribution in [1.82, 2.24) is 10.1 Å². The van der Waals surface area contributed by atoms with Crippen LogP contribution in [0.5, 0.6) is 0 Å². The third-order valence-corrected chi connectivity index (χ3v) is 4.09. The Balaban J connectivity index is 2.10. The number of carbonyl (C=O) groups excluding carboxylic acids is 1. The van der Waals surface area contributed by atoms with E-state index in [1.165, 1.54) is 0 Å². The summed E-state index contributed by atoms with van der Waals surface area (Å²) in [5.74, 6) is 0.736. The molecule has 2 rings (SSSR count). The van der Waals surface area contributed by atoms with E-state index in [1.807, 2.05) is 45.0 Å². The summed E-state index contributed by atoms with van der Waals surface area (Å²) in [5.41, 5.74) is 2.69. The Morgan fingerprint density at radius 2 is 1.95 bits per heavy atom. The van der Waals surface area contributed by atoms with E-state index in [0.29, 0.717) is 17.2 Å². The fraction of sp³-hybridized carbons (Fsp3) is 0.375. The van der Waals surface area contributed by atoms with Gasteiger partial charge in [0.25, 0.3) is 0 Å². The zero-order chi connectivity index (χ0) is 15.6. The van der Waals surface area contributed by atoms with Gasteiger partial charge in [0.05, 0.1) is 18.2 Å². The first-order valence-electron chi connectivity index (χ1n) is 6.83. The van der Waals surface area contributed by atoms with Crippen LogP contribution in [0.3, 0.4) is 0 Å². The number of carbonyl (C=O) groups is 1.